The fourth-order valence-corrected chi connectivity index (χ4v) is 2.19. The molecular weight excluding hydrogens is 272 g/mol. The SMILES string of the molecule is Nc1cc(C(=O)OCCc2cccs2)c(F)cc1F. The maximum Gasteiger partial charge on any atom is 0.341 e. The molecule has 2 aromatic rings. The van der Waals surface area contributed by atoms with Gasteiger partial charge in [-0.2, -0.15) is 0 Å². The number of nitrogen functional groups attached to an aromatic ring is 1. The number of benzene rings is 1. The number of nitrogens with two attached hydrogens (primary N) is 1. The van der Waals surface area contributed by atoms with Gasteiger partial charge in [0, 0.05) is 17.4 Å². The number of hydrogen-bond donors (Lipinski definition) is 1. The molecule has 100 valence electrons. The highest BCUT2D eigenvalue weighted by atomic mass is 32.1. The second-order valence-electron chi connectivity index (χ2n) is 3.82. The highest BCUT2D eigenvalue weighted by molar-refractivity contribution is 7.09. The van der Waals surface area contributed by atoms with Crippen LogP contribution in [0.3, 0.4) is 0 Å². The van der Waals surface area contributed by atoms with Gasteiger partial charge in [0.05, 0.1) is 17.9 Å². The van der Waals surface area contributed by atoms with Crippen LogP contribution in [0.1, 0.15) is 15.2 Å². The Hall–Kier alpha value is -1.95. The summed E-state index contributed by atoms with van der Waals surface area (Å²) in [4.78, 5) is 12.7. The van der Waals surface area contributed by atoms with Crippen LogP contribution in [0.25, 0.3) is 0 Å². The Kier molecular flexibility index (Phi) is 4.11. The van der Waals surface area contributed by atoms with Crippen LogP contribution >= 0.6 is 11.3 Å². The molecule has 0 spiro atoms. The lowest BCUT2D eigenvalue weighted by Crippen LogP contribution is -2.11. The Morgan fingerprint density at radius 3 is 2.79 bits per heavy atom. The van der Waals surface area contributed by atoms with E-state index in [-0.39, 0.29) is 17.9 Å². The monoisotopic (exact) mass is 283 g/mol. The third kappa shape index (κ3) is 3.29. The van der Waals surface area contributed by atoms with Crippen molar-refractivity contribution in [3.63, 3.8) is 0 Å². The lowest BCUT2D eigenvalue weighted by Gasteiger charge is -2.06. The van der Waals surface area contributed by atoms with Gasteiger partial charge in [-0.3, -0.25) is 0 Å². The Labute approximate surface area is 112 Å². The molecule has 2 rings (SSSR count). The minimum atomic E-state index is -0.979. The molecule has 0 amide bonds. The lowest BCUT2D eigenvalue weighted by molar-refractivity contribution is 0.0504. The van der Waals surface area contributed by atoms with Gasteiger partial charge in [-0.1, -0.05) is 6.07 Å². The molecule has 0 atom stereocenters. The van der Waals surface area contributed by atoms with Gasteiger partial charge in [0.1, 0.15) is 11.6 Å². The van der Waals surface area contributed by atoms with E-state index in [9.17, 15) is 13.6 Å². The molecule has 3 nitrogen and oxygen atoms in total. The van der Waals surface area contributed by atoms with E-state index in [1.165, 1.54) is 0 Å². The summed E-state index contributed by atoms with van der Waals surface area (Å²) < 4.78 is 31.3. The Morgan fingerprint density at radius 2 is 2.11 bits per heavy atom. The van der Waals surface area contributed by atoms with Gasteiger partial charge >= 0.3 is 5.97 Å². The van der Waals surface area contributed by atoms with E-state index < -0.39 is 17.6 Å². The van der Waals surface area contributed by atoms with Crippen LogP contribution in [0.2, 0.25) is 0 Å². The van der Waals surface area contributed by atoms with Gasteiger partial charge in [-0.05, 0) is 17.5 Å². The number of esters is 1. The van der Waals surface area contributed by atoms with Crippen molar-refractivity contribution in [3.8, 4) is 0 Å². The van der Waals surface area contributed by atoms with Crippen LogP contribution in [-0.4, -0.2) is 12.6 Å². The largest absolute Gasteiger partial charge is 0.462 e. The van der Waals surface area contributed by atoms with E-state index in [1.807, 2.05) is 17.5 Å². The molecule has 0 unspecified atom stereocenters. The van der Waals surface area contributed by atoms with Crippen LogP contribution < -0.4 is 5.73 Å². The van der Waals surface area contributed by atoms with Crippen LogP contribution in [0.4, 0.5) is 14.5 Å². The molecule has 0 aliphatic heterocycles. The molecule has 1 heterocycles. The number of carbonyl (C=O) groups is 1. The molecule has 19 heavy (non-hydrogen) atoms. The Balaban J connectivity index is 1.98. The number of thiophene rings is 1. The minimum absolute atomic E-state index is 0.135. The van der Waals surface area contributed by atoms with Crippen molar-refractivity contribution in [2.24, 2.45) is 0 Å². The fraction of sp³-hybridized carbons (Fsp3) is 0.154. The van der Waals surface area contributed by atoms with Gasteiger partial charge in [0.15, 0.2) is 0 Å². The topological polar surface area (TPSA) is 52.3 Å². The summed E-state index contributed by atoms with van der Waals surface area (Å²) in [5.74, 6) is -2.72. The van der Waals surface area contributed by atoms with Crippen molar-refractivity contribution in [2.75, 3.05) is 12.3 Å². The molecule has 6 heteroatoms. The third-order valence-electron chi connectivity index (χ3n) is 2.47. The summed E-state index contributed by atoms with van der Waals surface area (Å²) in [7, 11) is 0. The molecule has 0 aliphatic rings. The molecule has 0 radical (unpaired) electrons. The summed E-state index contributed by atoms with van der Waals surface area (Å²) in [5.41, 5.74) is 4.64. The average Bonchev–Trinajstić information content (AvgIpc) is 2.86. The Bertz CT molecular complexity index is 585. The highest BCUT2D eigenvalue weighted by Gasteiger charge is 2.16. The first-order valence-corrected chi connectivity index (χ1v) is 6.40. The standard InChI is InChI=1S/C13H11F2NO2S/c14-10-7-11(15)12(16)6-9(10)13(17)18-4-3-8-2-1-5-19-8/h1-2,5-7H,3-4,16H2. The molecule has 1 aromatic carbocycles. The molecule has 0 saturated heterocycles. The second kappa shape index (κ2) is 5.79. The first kappa shape index (κ1) is 13.5. The number of ether oxygens (including phenoxy) is 1. The third-order valence-corrected chi connectivity index (χ3v) is 3.40. The predicted octanol–water partition coefficient (Wildman–Crippen LogP) is 3.01. The molecule has 0 aliphatic carbocycles. The predicted molar refractivity (Wildman–Crippen MR) is 69.1 cm³/mol. The summed E-state index contributed by atoms with van der Waals surface area (Å²) in [6.07, 6.45) is 0.557. The van der Waals surface area contributed by atoms with E-state index in [2.05, 4.69) is 0 Å². The van der Waals surface area contributed by atoms with Gasteiger partial charge < -0.3 is 10.5 Å². The Morgan fingerprint density at radius 1 is 1.32 bits per heavy atom. The second-order valence-corrected chi connectivity index (χ2v) is 4.85. The summed E-state index contributed by atoms with van der Waals surface area (Å²) in [6, 6.07) is 5.32. The van der Waals surface area contributed by atoms with Crippen molar-refractivity contribution in [3.05, 3.63) is 51.7 Å². The van der Waals surface area contributed by atoms with Crippen LogP contribution in [0, 0.1) is 11.6 Å². The van der Waals surface area contributed by atoms with Gasteiger partial charge in [0.2, 0.25) is 0 Å². The smallest absolute Gasteiger partial charge is 0.341 e. The number of rotatable bonds is 4. The van der Waals surface area contributed by atoms with Gasteiger partial charge in [-0.25, -0.2) is 13.6 Å². The van der Waals surface area contributed by atoms with Crippen LogP contribution in [0.5, 0.6) is 0 Å². The van der Waals surface area contributed by atoms with Gasteiger partial charge in [-0.15, -0.1) is 11.3 Å². The molecule has 0 saturated carbocycles. The molecule has 0 fully saturated rings. The number of anilines is 1. The zero-order chi connectivity index (χ0) is 13.8. The van der Waals surface area contributed by atoms with Crippen molar-refractivity contribution >= 4 is 23.0 Å². The first-order chi connectivity index (χ1) is 9.08. The van der Waals surface area contributed by atoms with Crippen LogP contribution in [0.15, 0.2) is 29.6 Å². The van der Waals surface area contributed by atoms with E-state index in [0.717, 1.165) is 10.9 Å². The van der Waals surface area contributed by atoms with Crippen molar-refractivity contribution in [2.45, 2.75) is 6.42 Å². The maximum atomic E-state index is 13.4. The summed E-state index contributed by atoms with van der Waals surface area (Å²) in [6.45, 7) is 0.135. The molecular formula is C13H11F2NO2S. The highest BCUT2D eigenvalue weighted by Crippen LogP contribution is 2.17. The zero-order valence-corrected chi connectivity index (χ0v) is 10.7. The fourth-order valence-electron chi connectivity index (χ4n) is 1.50. The van der Waals surface area contributed by atoms with Crippen molar-refractivity contribution < 1.29 is 18.3 Å². The average molecular weight is 283 g/mol. The van der Waals surface area contributed by atoms with E-state index in [1.54, 1.807) is 11.3 Å². The molecule has 2 N–H and O–H groups in total. The van der Waals surface area contributed by atoms with Crippen LogP contribution in [-0.2, 0) is 11.2 Å². The minimum Gasteiger partial charge on any atom is -0.462 e. The van der Waals surface area contributed by atoms with Crippen molar-refractivity contribution in [1.29, 1.82) is 0 Å². The van der Waals surface area contributed by atoms with E-state index in [4.69, 9.17) is 10.5 Å². The number of carbonyl (C=O) groups excluding carboxylic acids is 1. The van der Waals surface area contributed by atoms with Crippen molar-refractivity contribution in [1.82, 2.24) is 0 Å². The quantitative estimate of drug-likeness (QED) is 0.693. The number of hydrogen-bond acceptors (Lipinski definition) is 4. The van der Waals surface area contributed by atoms with E-state index in [0.29, 0.717) is 12.5 Å². The summed E-state index contributed by atoms with van der Waals surface area (Å²) in [5, 5.41) is 1.91. The van der Waals surface area contributed by atoms with E-state index >= 15 is 0 Å². The zero-order valence-electron chi connectivity index (χ0n) is 9.86. The lowest BCUT2D eigenvalue weighted by atomic mass is 10.2. The first-order valence-electron chi connectivity index (χ1n) is 5.52. The maximum absolute atomic E-state index is 13.4. The molecule has 0 bridgehead atoms. The van der Waals surface area contributed by atoms with Gasteiger partial charge in [0.25, 0.3) is 0 Å². The normalized spacial score (nSPS) is 10.4. The molecule has 1 aromatic heterocycles. The summed E-state index contributed by atoms with van der Waals surface area (Å²) >= 11 is 1.54. The number of halogens is 2.